The molecular formula is C17H20N2O2. The van der Waals surface area contributed by atoms with Gasteiger partial charge in [0.2, 0.25) is 0 Å². The van der Waals surface area contributed by atoms with Gasteiger partial charge in [-0.05, 0) is 37.1 Å². The Morgan fingerprint density at radius 1 is 1.19 bits per heavy atom. The number of hydrogen-bond donors (Lipinski definition) is 0. The van der Waals surface area contributed by atoms with Gasteiger partial charge in [-0.2, -0.15) is 5.10 Å². The van der Waals surface area contributed by atoms with Gasteiger partial charge in [-0.1, -0.05) is 19.3 Å². The summed E-state index contributed by atoms with van der Waals surface area (Å²) in [6.45, 7) is 0. The molecule has 1 heterocycles. The Morgan fingerprint density at radius 2 is 1.90 bits per heavy atom. The number of methoxy groups -OCH3 is 1. The minimum Gasteiger partial charge on any atom is -0.497 e. The molecule has 110 valence electrons. The van der Waals surface area contributed by atoms with Gasteiger partial charge in [0.25, 0.3) is 0 Å². The van der Waals surface area contributed by atoms with E-state index >= 15 is 0 Å². The van der Waals surface area contributed by atoms with E-state index in [1.165, 1.54) is 19.3 Å². The quantitative estimate of drug-likeness (QED) is 0.800. The molecule has 21 heavy (non-hydrogen) atoms. The summed E-state index contributed by atoms with van der Waals surface area (Å²) in [5.74, 6) is 0.804. The fourth-order valence-electron chi connectivity index (χ4n) is 3.00. The van der Waals surface area contributed by atoms with Crippen LogP contribution in [0.4, 0.5) is 0 Å². The first-order valence-corrected chi connectivity index (χ1v) is 7.50. The molecule has 1 aromatic heterocycles. The number of carbonyl (C=O) groups excluding carboxylic acids is 1. The molecular weight excluding hydrogens is 264 g/mol. The zero-order valence-electron chi connectivity index (χ0n) is 12.3. The molecule has 0 bridgehead atoms. The van der Waals surface area contributed by atoms with Crippen molar-refractivity contribution in [3.63, 3.8) is 0 Å². The number of aldehydes is 1. The average Bonchev–Trinajstić information content (AvgIpc) is 3.00. The average molecular weight is 284 g/mol. The molecule has 2 aromatic rings. The normalized spacial score (nSPS) is 15.9. The van der Waals surface area contributed by atoms with Gasteiger partial charge in [0.1, 0.15) is 11.4 Å². The van der Waals surface area contributed by atoms with Gasteiger partial charge >= 0.3 is 0 Å². The number of carbonyl (C=O) groups is 1. The van der Waals surface area contributed by atoms with Crippen LogP contribution in [0.2, 0.25) is 0 Å². The monoisotopic (exact) mass is 284 g/mol. The predicted molar refractivity (Wildman–Crippen MR) is 81.7 cm³/mol. The second kappa shape index (κ2) is 6.12. The third-order valence-corrected chi connectivity index (χ3v) is 4.20. The van der Waals surface area contributed by atoms with Gasteiger partial charge in [-0.15, -0.1) is 0 Å². The first kappa shape index (κ1) is 13.9. The molecule has 3 rings (SSSR count). The van der Waals surface area contributed by atoms with E-state index in [0.717, 1.165) is 36.1 Å². The minimum absolute atomic E-state index is 0.435. The van der Waals surface area contributed by atoms with Crippen LogP contribution in [0.25, 0.3) is 11.3 Å². The van der Waals surface area contributed by atoms with Crippen LogP contribution in [0.3, 0.4) is 0 Å². The van der Waals surface area contributed by atoms with Gasteiger partial charge in [-0.25, -0.2) is 0 Å². The van der Waals surface area contributed by atoms with Crippen molar-refractivity contribution in [3.05, 3.63) is 36.0 Å². The zero-order chi connectivity index (χ0) is 14.7. The molecule has 0 spiro atoms. The summed E-state index contributed by atoms with van der Waals surface area (Å²) in [4.78, 5) is 11.3. The van der Waals surface area contributed by atoms with E-state index in [2.05, 4.69) is 5.10 Å². The van der Waals surface area contributed by atoms with Gasteiger partial charge < -0.3 is 4.74 Å². The second-order valence-corrected chi connectivity index (χ2v) is 5.55. The van der Waals surface area contributed by atoms with E-state index in [1.54, 1.807) is 7.11 Å². The van der Waals surface area contributed by atoms with Crippen molar-refractivity contribution >= 4 is 6.29 Å². The molecule has 0 unspecified atom stereocenters. The molecule has 1 fully saturated rings. The van der Waals surface area contributed by atoms with Crippen molar-refractivity contribution in [1.82, 2.24) is 9.78 Å². The summed E-state index contributed by atoms with van der Waals surface area (Å²) < 4.78 is 7.16. The van der Waals surface area contributed by atoms with Crippen molar-refractivity contribution in [1.29, 1.82) is 0 Å². The minimum atomic E-state index is 0.435. The molecule has 1 saturated carbocycles. The van der Waals surface area contributed by atoms with Gasteiger partial charge in [0, 0.05) is 11.8 Å². The fraction of sp³-hybridized carbons (Fsp3) is 0.412. The summed E-state index contributed by atoms with van der Waals surface area (Å²) in [6, 6.07) is 8.11. The largest absolute Gasteiger partial charge is 0.497 e. The van der Waals surface area contributed by atoms with Crippen molar-refractivity contribution in [2.24, 2.45) is 0 Å². The SMILES string of the molecule is COc1ccc(-c2nn(C3CCCCC3)cc2C=O)cc1. The maximum atomic E-state index is 11.3. The van der Waals surface area contributed by atoms with Crippen LogP contribution in [-0.4, -0.2) is 23.2 Å². The highest BCUT2D eigenvalue weighted by Crippen LogP contribution is 2.30. The molecule has 4 heteroatoms. The molecule has 1 aliphatic rings. The Labute approximate surface area is 124 Å². The molecule has 4 nitrogen and oxygen atoms in total. The molecule has 0 aliphatic heterocycles. The third kappa shape index (κ3) is 2.84. The van der Waals surface area contributed by atoms with E-state index < -0.39 is 0 Å². The number of aromatic nitrogens is 2. The summed E-state index contributed by atoms with van der Waals surface area (Å²) in [5, 5.41) is 4.68. The van der Waals surface area contributed by atoms with Gasteiger partial charge in [0.05, 0.1) is 18.7 Å². The summed E-state index contributed by atoms with van der Waals surface area (Å²) in [6.07, 6.45) is 8.90. The Kier molecular flexibility index (Phi) is 4.04. The third-order valence-electron chi connectivity index (χ3n) is 4.20. The number of nitrogens with zero attached hydrogens (tertiary/aromatic N) is 2. The van der Waals surface area contributed by atoms with E-state index in [1.807, 2.05) is 35.1 Å². The zero-order valence-corrected chi connectivity index (χ0v) is 12.3. The number of hydrogen-bond acceptors (Lipinski definition) is 3. The molecule has 0 N–H and O–H groups in total. The Hall–Kier alpha value is -2.10. The summed E-state index contributed by atoms with van der Waals surface area (Å²) in [5.41, 5.74) is 2.37. The van der Waals surface area contributed by atoms with Crippen molar-refractivity contribution in [2.75, 3.05) is 7.11 Å². The van der Waals surface area contributed by atoms with Crippen molar-refractivity contribution < 1.29 is 9.53 Å². The van der Waals surface area contributed by atoms with E-state index in [4.69, 9.17) is 4.74 Å². The molecule has 0 amide bonds. The smallest absolute Gasteiger partial charge is 0.153 e. The van der Waals surface area contributed by atoms with Gasteiger partial charge in [-0.3, -0.25) is 9.48 Å². The Morgan fingerprint density at radius 3 is 2.52 bits per heavy atom. The lowest BCUT2D eigenvalue weighted by molar-refractivity contribution is 0.112. The van der Waals surface area contributed by atoms with Crippen molar-refractivity contribution in [3.8, 4) is 17.0 Å². The van der Waals surface area contributed by atoms with Crippen LogP contribution in [0.1, 0.15) is 48.5 Å². The second-order valence-electron chi connectivity index (χ2n) is 5.55. The van der Waals surface area contributed by atoms with Crippen LogP contribution in [0, 0.1) is 0 Å². The topological polar surface area (TPSA) is 44.1 Å². The van der Waals surface area contributed by atoms with E-state index in [0.29, 0.717) is 11.6 Å². The lowest BCUT2D eigenvalue weighted by atomic mass is 9.96. The van der Waals surface area contributed by atoms with Crippen LogP contribution in [-0.2, 0) is 0 Å². The predicted octanol–water partition coefficient (Wildman–Crippen LogP) is 3.88. The summed E-state index contributed by atoms with van der Waals surface area (Å²) in [7, 11) is 1.64. The lowest BCUT2D eigenvalue weighted by Gasteiger charge is -2.21. The Bertz CT molecular complexity index is 610. The van der Waals surface area contributed by atoms with Gasteiger partial charge in [0.15, 0.2) is 6.29 Å². The van der Waals surface area contributed by atoms with Crippen LogP contribution < -0.4 is 4.74 Å². The highest BCUT2D eigenvalue weighted by Gasteiger charge is 2.19. The van der Waals surface area contributed by atoms with E-state index in [9.17, 15) is 4.79 Å². The maximum absolute atomic E-state index is 11.3. The highest BCUT2D eigenvalue weighted by atomic mass is 16.5. The number of benzene rings is 1. The molecule has 0 atom stereocenters. The fourth-order valence-corrected chi connectivity index (χ4v) is 3.00. The first-order chi connectivity index (χ1) is 10.3. The molecule has 0 radical (unpaired) electrons. The standard InChI is InChI=1S/C17H20N2O2/c1-21-16-9-7-13(8-10-16)17-14(12-20)11-19(18-17)15-5-3-2-4-6-15/h7-12,15H,2-6H2,1H3. The Balaban J connectivity index is 1.93. The number of ether oxygens (including phenoxy) is 1. The van der Waals surface area contributed by atoms with Crippen LogP contribution >= 0.6 is 0 Å². The van der Waals surface area contributed by atoms with Crippen molar-refractivity contribution in [2.45, 2.75) is 38.1 Å². The molecule has 0 saturated heterocycles. The van der Waals surface area contributed by atoms with E-state index in [-0.39, 0.29) is 0 Å². The highest BCUT2D eigenvalue weighted by molar-refractivity contribution is 5.85. The van der Waals surface area contributed by atoms with Crippen LogP contribution in [0.5, 0.6) is 5.75 Å². The number of rotatable bonds is 4. The molecule has 1 aliphatic carbocycles. The summed E-state index contributed by atoms with van der Waals surface area (Å²) >= 11 is 0. The molecule has 1 aromatic carbocycles. The lowest BCUT2D eigenvalue weighted by Crippen LogP contribution is -2.13. The first-order valence-electron chi connectivity index (χ1n) is 7.50. The van der Waals surface area contributed by atoms with Crippen LogP contribution in [0.15, 0.2) is 30.5 Å². The maximum Gasteiger partial charge on any atom is 0.153 e.